The predicted octanol–water partition coefficient (Wildman–Crippen LogP) is 1.80. The molecule has 0 bridgehead atoms. The predicted molar refractivity (Wildman–Crippen MR) is 87.3 cm³/mol. The maximum atomic E-state index is 13.7. The van der Waals surface area contributed by atoms with Crippen molar-refractivity contribution in [2.45, 2.75) is 25.7 Å². The molecule has 0 spiro atoms. The molecule has 1 heterocycles. The van der Waals surface area contributed by atoms with Crippen molar-refractivity contribution in [1.29, 1.82) is 0 Å². The Labute approximate surface area is 149 Å². The normalized spacial score (nSPS) is 19.1. The average molecular weight is 366 g/mol. The number of nitrogens with zero attached hydrogens (tertiary/aromatic N) is 1. The van der Waals surface area contributed by atoms with Gasteiger partial charge in [-0.05, 0) is 37.8 Å². The van der Waals surface area contributed by atoms with Crippen LogP contribution in [0.2, 0.25) is 0 Å². The zero-order valence-corrected chi connectivity index (χ0v) is 14.1. The van der Waals surface area contributed by atoms with Crippen molar-refractivity contribution in [2.24, 2.45) is 11.3 Å². The van der Waals surface area contributed by atoms with E-state index in [1.54, 1.807) is 0 Å². The number of carboxylic acids is 1. The first kappa shape index (κ1) is 18.3. The summed E-state index contributed by atoms with van der Waals surface area (Å²) in [4.78, 5) is 37.1. The van der Waals surface area contributed by atoms with Crippen LogP contribution in [0.4, 0.5) is 8.78 Å². The zero-order chi connectivity index (χ0) is 18.9. The number of likely N-dealkylation sites (tertiary alicyclic amines) is 1. The van der Waals surface area contributed by atoms with Crippen LogP contribution >= 0.6 is 0 Å². The second-order valence-electron chi connectivity index (χ2n) is 6.99. The number of rotatable bonds is 5. The third-order valence-corrected chi connectivity index (χ3v) is 5.22. The first-order valence-corrected chi connectivity index (χ1v) is 8.58. The minimum atomic E-state index is -0.904. The van der Waals surface area contributed by atoms with E-state index < -0.39 is 28.9 Å². The van der Waals surface area contributed by atoms with E-state index in [1.165, 1.54) is 4.90 Å². The highest BCUT2D eigenvalue weighted by Gasteiger charge is 2.50. The van der Waals surface area contributed by atoms with E-state index in [4.69, 9.17) is 5.11 Å². The molecule has 1 aliphatic heterocycles. The zero-order valence-electron chi connectivity index (χ0n) is 14.1. The van der Waals surface area contributed by atoms with Crippen molar-refractivity contribution < 1.29 is 28.3 Å². The van der Waals surface area contributed by atoms with Gasteiger partial charge in [-0.3, -0.25) is 14.4 Å². The number of carbonyl (C=O) groups excluding carboxylic acids is 2. The first-order chi connectivity index (χ1) is 12.3. The van der Waals surface area contributed by atoms with Gasteiger partial charge in [-0.2, -0.15) is 0 Å². The summed E-state index contributed by atoms with van der Waals surface area (Å²) in [7, 11) is 0. The van der Waals surface area contributed by atoms with E-state index in [0.29, 0.717) is 31.7 Å². The number of halogens is 2. The summed E-state index contributed by atoms with van der Waals surface area (Å²) in [5.74, 6) is -3.58. The molecule has 2 N–H and O–H groups in total. The van der Waals surface area contributed by atoms with Crippen LogP contribution in [0.15, 0.2) is 18.2 Å². The Balaban J connectivity index is 1.51. The molecule has 0 radical (unpaired) electrons. The smallest absolute Gasteiger partial charge is 0.311 e. The van der Waals surface area contributed by atoms with Crippen LogP contribution in [0.5, 0.6) is 0 Å². The van der Waals surface area contributed by atoms with Crippen molar-refractivity contribution >= 4 is 17.8 Å². The van der Waals surface area contributed by atoms with Crippen LogP contribution in [0.3, 0.4) is 0 Å². The molecule has 1 aliphatic carbocycles. The summed E-state index contributed by atoms with van der Waals surface area (Å²) in [5, 5.41) is 11.8. The number of nitrogens with one attached hydrogen (secondary N) is 1. The van der Waals surface area contributed by atoms with Gasteiger partial charge in [-0.15, -0.1) is 0 Å². The molecule has 2 aliphatic rings. The van der Waals surface area contributed by atoms with Gasteiger partial charge in [0.15, 0.2) is 0 Å². The molecule has 0 aromatic heterocycles. The van der Waals surface area contributed by atoms with Gasteiger partial charge in [0, 0.05) is 31.6 Å². The molecule has 3 rings (SSSR count). The Bertz CT molecular complexity index is 741. The molecule has 0 unspecified atom stereocenters. The lowest BCUT2D eigenvalue weighted by atomic mass is 9.95. The van der Waals surface area contributed by atoms with E-state index in [0.717, 1.165) is 12.1 Å². The minimum Gasteiger partial charge on any atom is -0.481 e. The minimum absolute atomic E-state index is 0.126. The Morgan fingerprint density at radius 1 is 1.19 bits per heavy atom. The lowest BCUT2D eigenvalue weighted by Gasteiger charge is -2.31. The number of hydrogen-bond donors (Lipinski definition) is 2. The fraction of sp³-hybridized carbons (Fsp3) is 0.500. The quantitative estimate of drug-likeness (QED) is 0.832. The topological polar surface area (TPSA) is 86.7 Å². The SMILES string of the molecule is O=C(NCC1(C(=O)O)CC1)C1CCN(C(=O)c2ccc(F)cc2F)CC1. The second kappa shape index (κ2) is 7.01. The third kappa shape index (κ3) is 3.68. The maximum absolute atomic E-state index is 13.7. The maximum Gasteiger partial charge on any atom is 0.311 e. The first-order valence-electron chi connectivity index (χ1n) is 8.58. The number of piperidine rings is 1. The number of carbonyl (C=O) groups is 3. The van der Waals surface area contributed by atoms with Crippen LogP contribution in [-0.2, 0) is 9.59 Å². The van der Waals surface area contributed by atoms with Crippen molar-refractivity contribution in [3.05, 3.63) is 35.4 Å². The molecule has 140 valence electrons. The Kier molecular flexibility index (Phi) is 4.93. The van der Waals surface area contributed by atoms with Gasteiger partial charge in [0.1, 0.15) is 11.6 Å². The molecule has 1 saturated heterocycles. The van der Waals surface area contributed by atoms with E-state index in [2.05, 4.69) is 5.32 Å². The molecule has 1 aromatic rings. The molecule has 2 fully saturated rings. The summed E-state index contributed by atoms with van der Waals surface area (Å²) in [5.41, 5.74) is -1.00. The molecular formula is C18H20F2N2O4. The van der Waals surface area contributed by atoms with Crippen LogP contribution in [-0.4, -0.2) is 47.4 Å². The average Bonchev–Trinajstić information content (AvgIpc) is 3.41. The van der Waals surface area contributed by atoms with Crippen LogP contribution in [0.25, 0.3) is 0 Å². The summed E-state index contributed by atoms with van der Waals surface area (Å²) < 4.78 is 26.7. The molecule has 1 aromatic carbocycles. The van der Waals surface area contributed by atoms with E-state index in [-0.39, 0.29) is 37.0 Å². The van der Waals surface area contributed by atoms with Crippen LogP contribution in [0.1, 0.15) is 36.0 Å². The second-order valence-corrected chi connectivity index (χ2v) is 6.99. The lowest BCUT2D eigenvalue weighted by Crippen LogP contribution is -2.44. The Hall–Kier alpha value is -2.51. The monoisotopic (exact) mass is 366 g/mol. The van der Waals surface area contributed by atoms with Gasteiger partial charge in [0.25, 0.3) is 5.91 Å². The molecular weight excluding hydrogens is 346 g/mol. The van der Waals surface area contributed by atoms with E-state index in [1.807, 2.05) is 0 Å². The van der Waals surface area contributed by atoms with Crippen molar-refractivity contribution in [3.8, 4) is 0 Å². The highest BCUT2D eigenvalue weighted by Crippen LogP contribution is 2.45. The number of aliphatic carboxylic acids is 1. The highest BCUT2D eigenvalue weighted by atomic mass is 19.1. The van der Waals surface area contributed by atoms with E-state index >= 15 is 0 Å². The molecule has 6 nitrogen and oxygen atoms in total. The van der Waals surface area contributed by atoms with Gasteiger partial charge in [0.2, 0.25) is 5.91 Å². The fourth-order valence-corrected chi connectivity index (χ4v) is 3.20. The largest absolute Gasteiger partial charge is 0.481 e. The Morgan fingerprint density at radius 2 is 1.85 bits per heavy atom. The van der Waals surface area contributed by atoms with Crippen LogP contribution in [0, 0.1) is 23.0 Å². The van der Waals surface area contributed by atoms with Gasteiger partial charge >= 0.3 is 5.97 Å². The summed E-state index contributed by atoms with van der Waals surface area (Å²) in [6.07, 6.45) is 1.97. The summed E-state index contributed by atoms with van der Waals surface area (Å²) in [6.45, 7) is 0.705. The summed E-state index contributed by atoms with van der Waals surface area (Å²) >= 11 is 0. The van der Waals surface area contributed by atoms with Crippen LogP contribution < -0.4 is 5.32 Å². The highest BCUT2D eigenvalue weighted by molar-refractivity contribution is 5.94. The fourth-order valence-electron chi connectivity index (χ4n) is 3.20. The van der Waals surface area contributed by atoms with Gasteiger partial charge < -0.3 is 15.3 Å². The molecule has 26 heavy (non-hydrogen) atoms. The van der Waals surface area contributed by atoms with Crippen molar-refractivity contribution in [1.82, 2.24) is 10.2 Å². The number of hydrogen-bond acceptors (Lipinski definition) is 3. The van der Waals surface area contributed by atoms with Gasteiger partial charge in [-0.1, -0.05) is 0 Å². The molecule has 0 atom stereocenters. The molecule has 1 saturated carbocycles. The van der Waals surface area contributed by atoms with Crippen molar-refractivity contribution in [3.63, 3.8) is 0 Å². The number of amides is 2. The molecule has 8 heteroatoms. The van der Waals surface area contributed by atoms with Gasteiger partial charge in [0.05, 0.1) is 11.0 Å². The third-order valence-electron chi connectivity index (χ3n) is 5.22. The summed E-state index contributed by atoms with van der Waals surface area (Å²) in [6, 6.07) is 2.82. The number of carboxylic acid groups (broad SMARTS) is 1. The Morgan fingerprint density at radius 3 is 2.38 bits per heavy atom. The standard InChI is InChI=1S/C18H20F2N2O4/c19-12-1-2-13(14(20)9-12)16(24)22-7-3-11(4-8-22)15(23)21-10-18(5-6-18)17(25)26/h1-2,9,11H,3-8,10H2,(H,21,23)(H,25,26). The lowest BCUT2D eigenvalue weighted by molar-refractivity contribution is -0.143. The molecule has 2 amide bonds. The number of benzene rings is 1. The van der Waals surface area contributed by atoms with Gasteiger partial charge in [-0.25, -0.2) is 8.78 Å². The van der Waals surface area contributed by atoms with Crippen molar-refractivity contribution in [2.75, 3.05) is 19.6 Å². The van der Waals surface area contributed by atoms with E-state index in [9.17, 15) is 23.2 Å².